The van der Waals surface area contributed by atoms with E-state index in [2.05, 4.69) is 15.5 Å². The number of benzene rings is 1. The number of aryl methyl sites for hydroxylation is 2. The van der Waals surface area contributed by atoms with Gasteiger partial charge in [-0.25, -0.2) is 13.1 Å². The summed E-state index contributed by atoms with van der Waals surface area (Å²) < 4.78 is 24.9. The van der Waals surface area contributed by atoms with Crippen LogP contribution in [0.25, 0.3) is 11.4 Å². The van der Waals surface area contributed by atoms with Crippen molar-refractivity contribution in [1.29, 1.82) is 0 Å². The first-order valence-electron chi connectivity index (χ1n) is 6.73. The van der Waals surface area contributed by atoms with Gasteiger partial charge < -0.3 is 5.73 Å². The lowest BCUT2D eigenvalue weighted by Gasteiger charge is -2.13. The highest BCUT2D eigenvalue weighted by atomic mass is 32.2. The number of sulfone groups is 1. The Kier molecular flexibility index (Phi) is 3.20. The molecule has 2 heterocycles. The molecule has 0 spiro atoms. The molecule has 0 radical (unpaired) electrons. The summed E-state index contributed by atoms with van der Waals surface area (Å²) in [6.45, 7) is 3.91. The number of aromatic nitrogens is 4. The number of nitrogens with two attached hydrogens (primary N) is 1. The van der Waals surface area contributed by atoms with Crippen molar-refractivity contribution in [2.45, 2.75) is 26.3 Å². The normalized spacial score (nSPS) is 20.8. The van der Waals surface area contributed by atoms with Gasteiger partial charge in [-0.3, -0.25) is 0 Å². The molecule has 1 saturated heterocycles. The van der Waals surface area contributed by atoms with Crippen molar-refractivity contribution in [3.8, 4) is 11.4 Å². The fourth-order valence-electron chi connectivity index (χ4n) is 2.70. The Bertz CT molecular complexity index is 797. The molecule has 1 fully saturated rings. The number of hydrogen-bond acceptors (Lipinski definition) is 6. The van der Waals surface area contributed by atoms with Gasteiger partial charge in [-0.1, -0.05) is 6.07 Å². The van der Waals surface area contributed by atoms with Crippen molar-refractivity contribution in [3.05, 3.63) is 23.3 Å². The SMILES string of the molecule is Cc1cc(C)c(-c2nnnn2C2CCS(=O)(=O)C2)cc1N. The predicted octanol–water partition coefficient (Wildman–Crippen LogP) is 0.899. The van der Waals surface area contributed by atoms with Gasteiger partial charge in [-0.05, 0) is 47.9 Å². The Morgan fingerprint density at radius 2 is 2.05 bits per heavy atom. The number of rotatable bonds is 2. The van der Waals surface area contributed by atoms with Gasteiger partial charge in [0.15, 0.2) is 15.7 Å². The van der Waals surface area contributed by atoms with Crippen molar-refractivity contribution in [1.82, 2.24) is 20.2 Å². The Morgan fingerprint density at radius 3 is 2.71 bits per heavy atom. The van der Waals surface area contributed by atoms with E-state index in [1.54, 1.807) is 4.68 Å². The second-order valence-corrected chi connectivity index (χ2v) is 7.76. The second kappa shape index (κ2) is 4.80. The molecule has 1 aliphatic rings. The third kappa shape index (κ3) is 2.51. The zero-order valence-corrected chi connectivity index (χ0v) is 12.8. The van der Waals surface area contributed by atoms with Gasteiger partial charge >= 0.3 is 0 Å². The van der Waals surface area contributed by atoms with Crippen molar-refractivity contribution in [3.63, 3.8) is 0 Å². The van der Waals surface area contributed by atoms with Crippen LogP contribution < -0.4 is 5.73 Å². The van der Waals surface area contributed by atoms with Crippen LogP contribution in [0.5, 0.6) is 0 Å². The Morgan fingerprint density at radius 1 is 1.29 bits per heavy atom. The van der Waals surface area contributed by atoms with E-state index in [-0.39, 0.29) is 17.5 Å². The van der Waals surface area contributed by atoms with E-state index in [1.807, 2.05) is 26.0 Å². The lowest BCUT2D eigenvalue weighted by molar-refractivity contribution is 0.489. The minimum Gasteiger partial charge on any atom is -0.398 e. The summed E-state index contributed by atoms with van der Waals surface area (Å²) in [5.74, 6) is 0.846. The molecule has 2 aromatic rings. The van der Waals surface area contributed by atoms with Crippen LogP contribution in [-0.4, -0.2) is 40.1 Å². The van der Waals surface area contributed by atoms with Crippen LogP contribution in [0.3, 0.4) is 0 Å². The third-order valence-corrected chi connectivity index (χ3v) is 5.65. The van der Waals surface area contributed by atoms with Crippen molar-refractivity contribution in [2.75, 3.05) is 17.2 Å². The maximum absolute atomic E-state index is 11.6. The van der Waals surface area contributed by atoms with Crippen molar-refractivity contribution in [2.24, 2.45) is 0 Å². The summed E-state index contributed by atoms with van der Waals surface area (Å²) in [6.07, 6.45) is 0.542. The summed E-state index contributed by atoms with van der Waals surface area (Å²) in [5, 5.41) is 11.8. The van der Waals surface area contributed by atoms with E-state index in [4.69, 9.17) is 5.73 Å². The molecule has 7 nitrogen and oxygen atoms in total. The second-order valence-electron chi connectivity index (χ2n) is 5.53. The molecule has 0 aliphatic carbocycles. The number of tetrazole rings is 1. The van der Waals surface area contributed by atoms with E-state index in [9.17, 15) is 8.42 Å². The zero-order valence-electron chi connectivity index (χ0n) is 11.9. The minimum absolute atomic E-state index is 0.0887. The summed E-state index contributed by atoms with van der Waals surface area (Å²) in [7, 11) is -2.99. The minimum atomic E-state index is -2.99. The molecule has 8 heteroatoms. The first kappa shape index (κ1) is 14.0. The number of nitrogens with zero attached hydrogens (tertiary/aromatic N) is 4. The van der Waals surface area contributed by atoms with Crippen LogP contribution in [0, 0.1) is 13.8 Å². The summed E-state index contributed by atoms with van der Waals surface area (Å²) in [5.41, 5.74) is 9.49. The van der Waals surface area contributed by atoms with Gasteiger partial charge in [0.2, 0.25) is 0 Å². The number of nitrogen functional groups attached to an aromatic ring is 1. The van der Waals surface area contributed by atoms with Gasteiger partial charge in [0.05, 0.1) is 17.5 Å². The lowest BCUT2D eigenvalue weighted by Crippen LogP contribution is -2.14. The van der Waals surface area contributed by atoms with E-state index in [0.717, 1.165) is 16.7 Å². The van der Waals surface area contributed by atoms with Gasteiger partial charge in [0.25, 0.3) is 0 Å². The average Bonchev–Trinajstić information content (AvgIpc) is 3.00. The first-order valence-corrected chi connectivity index (χ1v) is 8.55. The van der Waals surface area contributed by atoms with Crippen LogP contribution in [0.1, 0.15) is 23.6 Å². The highest BCUT2D eigenvalue weighted by molar-refractivity contribution is 7.91. The molecule has 21 heavy (non-hydrogen) atoms. The molecule has 1 atom stereocenters. The van der Waals surface area contributed by atoms with Crippen LogP contribution in [0.2, 0.25) is 0 Å². The van der Waals surface area contributed by atoms with Crippen LogP contribution >= 0.6 is 0 Å². The largest absolute Gasteiger partial charge is 0.398 e. The summed E-state index contributed by atoms with van der Waals surface area (Å²) in [6, 6.07) is 3.62. The smallest absolute Gasteiger partial charge is 0.182 e. The molecular formula is C13H17N5O2S. The Balaban J connectivity index is 2.06. The molecule has 0 bridgehead atoms. The molecule has 112 valence electrons. The van der Waals surface area contributed by atoms with Crippen molar-refractivity contribution < 1.29 is 8.42 Å². The van der Waals surface area contributed by atoms with E-state index in [0.29, 0.717) is 17.9 Å². The Hall–Kier alpha value is -1.96. The molecule has 0 saturated carbocycles. The number of hydrogen-bond donors (Lipinski definition) is 1. The molecule has 3 rings (SSSR count). The standard InChI is InChI=1S/C13H17N5O2S/c1-8-5-9(2)12(14)6-11(8)13-15-16-17-18(13)10-3-4-21(19,20)7-10/h5-6,10H,3-4,7,14H2,1-2H3. The maximum atomic E-state index is 11.6. The molecule has 2 N–H and O–H groups in total. The van der Waals surface area contributed by atoms with E-state index in [1.165, 1.54) is 0 Å². The molecule has 1 aliphatic heterocycles. The maximum Gasteiger partial charge on any atom is 0.182 e. The molecular weight excluding hydrogens is 290 g/mol. The quantitative estimate of drug-likeness (QED) is 0.827. The third-order valence-electron chi connectivity index (χ3n) is 3.90. The molecule has 1 aromatic heterocycles. The van der Waals surface area contributed by atoms with Crippen LogP contribution in [0.4, 0.5) is 5.69 Å². The predicted molar refractivity (Wildman–Crippen MR) is 79.4 cm³/mol. The summed E-state index contributed by atoms with van der Waals surface area (Å²) >= 11 is 0. The van der Waals surface area contributed by atoms with Gasteiger partial charge in [-0.15, -0.1) is 5.10 Å². The first-order chi connectivity index (χ1) is 9.87. The topological polar surface area (TPSA) is 104 Å². The highest BCUT2D eigenvalue weighted by Gasteiger charge is 2.32. The van der Waals surface area contributed by atoms with Gasteiger partial charge in [0, 0.05) is 11.3 Å². The monoisotopic (exact) mass is 307 g/mol. The molecule has 1 aromatic carbocycles. The van der Waals surface area contributed by atoms with E-state index < -0.39 is 9.84 Å². The van der Waals surface area contributed by atoms with E-state index >= 15 is 0 Å². The highest BCUT2D eigenvalue weighted by Crippen LogP contribution is 2.30. The average molecular weight is 307 g/mol. The van der Waals surface area contributed by atoms with Crippen molar-refractivity contribution >= 4 is 15.5 Å². The fourth-order valence-corrected chi connectivity index (χ4v) is 4.39. The van der Waals surface area contributed by atoms with Crippen LogP contribution in [0.15, 0.2) is 12.1 Å². The zero-order chi connectivity index (χ0) is 15.2. The number of anilines is 1. The van der Waals surface area contributed by atoms with Gasteiger partial charge in [0.1, 0.15) is 0 Å². The molecule has 0 amide bonds. The fraction of sp³-hybridized carbons (Fsp3) is 0.462. The summed E-state index contributed by atoms with van der Waals surface area (Å²) in [4.78, 5) is 0. The van der Waals surface area contributed by atoms with Gasteiger partial charge in [-0.2, -0.15) is 0 Å². The lowest BCUT2D eigenvalue weighted by atomic mass is 10.0. The molecule has 1 unspecified atom stereocenters. The Labute approximate surface area is 123 Å². The van der Waals surface area contributed by atoms with Crippen LogP contribution in [-0.2, 0) is 9.84 Å².